The van der Waals surface area contributed by atoms with Gasteiger partial charge in [0.2, 0.25) is 5.82 Å². The number of hydrogen-bond donors (Lipinski definition) is 0. The molecule has 7 nitrogen and oxygen atoms in total. The first kappa shape index (κ1) is 19.2. The SMILES string of the molecule is Cc1ccc(C(=O)N2CCc3c(c(-c4nc(-c5ccccc5F)no4)nn3C)C2)cc1. The molecular formula is C23H20FN5O2. The van der Waals surface area contributed by atoms with Gasteiger partial charge in [-0.05, 0) is 31.2 Å². The van der Waals surface area contributed by atoms with Gasteiger partial charge in [0.15, 0.2) is 5.69 Å². The second-order valence-corrected chi connectivity index (χ2v) is 7.64. The van der Waals surface area contributed by atoms with Crippen molar-refractivity contribution in [2.45, 2.75) is 19.9 Å². The fourth-order valence-electron chi connectivity index (χ4n) is 3.89. The molecule has 0 atom stereocenters. The Balaban J connectivity index is 1.47. The van der Waals surface area contributed by atoms with Crippen molar-refractivity contribution in [3.05, 3.63) is 76.7 Å². The van der Waals surface area contributed by atoms with Crippen LogP contribution in [0.15, 0.2) is 53.1 Å². The van der Waals surface area contributed by atoms with E-state index >= 15 is 0 Å². The van der Waals surface area contributed by atoms with Crippen molar-refractivity contribution in [2.75, 3.05) is 6.54 Å². The van der Waals surface area contributed by atoms with E-state index in [4.69, 9.17) is 4.52 Å². The van der Waals surface area contributed by atoms with Crippen molar-refractivity contribution in [1.29, 1.82) is 0 Å². The first-order valence-corrected chi connectivity index (χ1v) is 10.0. The molecule has 2 aromatic heterocycles. The number of benzene rings is 2. The van der Waals surface area contributed by atoms with E-state index in [-0.39, 0.29) is 23.2 Å². The van der Waals surface area contributed by atoms with Gasteiger partial charge in [0, 0.05) is 36.8 Å². The van der Waals surface area contributed by atoms with Gasteiger partial charge in [0.05, 0.1) is 12.1 Å². The predicted molar refractivity (Wildman–Crippen MR) is 112 cm³/mol. The summed E-state index contributed by atoms with van der Waals surface area (Å²) in [4.78, 5) is 19.2. The molecule has 0 N–H and O–H groups in total. The summed E-state index contributed by atoms with van der Waals surface area (Å²) >= 11 is 0. The Morgan fingerprint density at radius 2 is 1.90 bits per heavy atom. The second-order valence-electron chi connectivity index (χ2n) is 7.64. The molecule has 0 saturated heterocycles. The Bertz CT molecular complexity index is 1280. The Labute approximate surface area is 178 Å². The number of carbonyl (C=O) groups excluding carboxylic acids is 1. The van der Waals surface area contributed by atoms with Gasteiger partial charge >= 0.3 is 0 Å². The zero-order valence-corrected chi connectivity index (χ0v) is 17.2. The summed E-state index contributed by atoms with van der Waals surface area (Å²) in [5.41, 5.74) is 4.44. The van der Waals surface area contributed by atoms with Crippen molar-refractivity contribution in [1.82, 2.24) is 24.8 Å². The minimum absolute atomic E-state index is 0.0296. The normalized spacial score (nSPS) is 13.3. The molecule has 5 rings (SSSR count). The number of hydrogen-bond acceptors (Lipinski definition) is 5. The van der Waals surface area contributed by atoms with Crippen LogP contribution < -0.4 is 0 Å². The first-order chi connectivity index (χ1) is 15.0. The van der Waals surface area contributed by atoms with E-state index in [0.717, 1.165) is 16.8 Å². The monoisotopic (exact) mass is 417 g/mol. The number of halogens is 1. The lowest BCUT2D eigenvalue weighted by molar-refractivity contribution is 0.0733. The summed E-state index contributed by atoms with van der Waals surface area (Å²) in [5.74, 6) is -0.0820. The van der Waals surface area contributed by atoms with E-state index in [1.54, 1.807) is 27.8 Å². The van der Waals surface area contributed by atoms with Gasteiger partial charge in [-0.3, -0.25) is 9.48 Å². The summed E-state index contributed by atoms with van der Waals surface area (Å²) in [5, 5.41) is 8.49. The van der Waals surface area contributed by atoms with E-state index < -0.39 is 5.82 Å². The molecule has 0 unspecified atom stereocenters. The summed E-state index contributed by atoms with van der Waals surface area (Å²) in [6, 6.07) is 13.8. The number of rotatable bonds is 3. The van der Waals surface area contributed by atoms with Crippen molar-refractivity contribution < 1.29 is 13.7 Å². The summed E-state index contributed by atoms with van der Waals surface area (Å²) in [6.07, 6.45) is 0.671. The highest BCUT2D eigenvalue weighted by Gasteiger charge is 2.30. The fourth-order valence-corrected chi connectivity index (χ4v) is 3.89. The highest BCUT2D eigenvalue weighted by atomic mass is 19.1. The molecule has 3 heterocycles. The second kappa shape index (κ2) is 7.46. The van der Waals surface area contributed by atoms with Gasteiger partial charge in [-0.25, -0.2) is 4.39 Å². The minimum Gasteiger partial charge on any atom is -0.334 e. The number of carbonyl (C=O) groups is 1. The Kier molecular flexibility index (Phi) is 4.62. The number of fused-ring (bicyclic) bond motifs is 1. The first-order valence-electron chi connectivity index (χ1n) is 10.0. The van der Waals surface area contributed by atoms with Crippen molar-refractivity contribution in [2.24, 2.45) is 7.05 Å². The maximum absolute atomic E-state index is 14.1. The van der Waals surface area contributed by atoms with Crippen molar-refractivity contribution >= 4 is 5.91 Å². The lowest BCUT2D eigenvalue weighted by Gasteiger charge is -2.27. The van der Waals surface area contributed by atoms with Gasteiger partial charge in [-0.15, -0.1) is 0 Å². The van der Waals surface area contributed by atoms with E-state index in [2.05, 4.69) is 15.2 Å². The zero-order chi connectivity index (χ0) is 21.5. The topological polar surface area (TPSA) is 77.1 Å². The molecule has 0 spiro atoms. The van der Waals surface area contributed by atoms with Gasteiger partial charge in [0.25, 0.3) is 11.8 Å². The maximum Gasteiger partial charge on any atom is 0.279 e. The average molecular weight is 417 g/mol. The molecule has 0 aliphatic carbocycles. The Hall–Kier alpha value is -3.81. The number of aromatic nitrogens is 4. The molecule has 8 heteroatoms. The summed E-state index contributed by atoms with van der Waals surface area (Å²) in [7, 11) is 1.86. The third kappa shape index (κ3) is 3.39. The Morgan fingerprint density at radius 1 is 1.13 bits per heavy atom. The molecule has 2 aromatic carbocycles. The molecule has 1 amide bonds. The highest BCUT2D eigenvalue weighted by Crippen LogP contribution is 2.31. The van der Waals surface area contributed by atoms with Crippen LogP contribution in [-0.2, 0) is 20.0 Å². The molecule has 156 valence electrons. The quantitative estimate of drug-likeness (QED) is 0.507. The van der Waals surface area contributed by atoms with Gasteiger partial charge < -0.3 is 9.42 Å². The minimum atomic E-state index is -0.423. The number of amides is 1. The third-order valence-corrected chi connectivity index (χ3v) is 5.57. The maximum atomic E-state index is 14.1. The van der Waals surface area contributed by atoms with Crippen LogP contribution in [0.1, 0.15) is 27.2 Å². The van der Waals surface area contributed by atoms with Crippen LogP contribution in [0.3, 0.4) is 0 Å². The summed E-state index contributed by atoms with van der Waals surface area (Å²) < 4.78 is 21.3. The van der Waals surface area contributed by atoms with Crippen molar-refractivity contribution in [3.8, 4) is 23.0 Å². The van der Waals surface area contributed by atoms with Crippen LogP contribution in [0.25, 0.3) is 23.0 Å². The fraction of sp³-hybridized carbons (Fsp3) is 0.217. The predicted octanol–water partition coefficient (Wildman–Crippen LogP) is 3.78. The molecule has 0 bridgehead atoms. The van der Waals surface area contributed by atoms with E-state index in [9.17, 15) is 9.18 Å². The number of aryl methyl sites for hydroxylation is 2. The van der Waals surface area contributed by atoms with Crippen LogP contribution in [-0.4, -0.2) is 37.3 Å². The van der Waals surface area contributed by atoms with E-state index in [1.807, 2.05) is 38.2 Å². The molecular weight excluding hydrogens is 397 g/mol. The van der Waals surface area contributed by atoms with Gasteiger partial charge in [-0.1, -0.05) is 35.0 Å². The molecule has 31 heavy (non-hydrogen) atoms. The largest absolute Gasteiger partial charge is 0.334 e. The zero-order valence-electron chi connectivity index (χ0n) is 17.2. The van der Waals surface area contributed by atoms with Crippen LogP contribution >= 0.6 is 0 Å². The van der Waals surface area contributed by atoms with Crippen LogP contribution in [0.2, 0.25) is 0 Å². The average Bonchev–Trinajstić information content (AvgIpc) is 3.39. The third-order valence-electron chi connectivity index (χ3n) is 5.57. The van der Waals surface area contributed by atoms with Crippen LogP contribution in [0.5, 0.6) is 0 Å². The molecule has 0 fully saturated rings. The standard InChI is InChI=1S/C23H20FN5O2/c1-14-7-9-15(10-8-14)23(30)29-12-11-19-17(13-29)20(26-28(19)2)22-25-21(27-31-22)16-5-3-4-6-18(16)24/h3-10H,11-13H2,1-2H3. The number of nitrogens with zero attached hydrogens (tertiary/aromatic N) is 5. The molecule has 4 aromatic rings. The molecule has 0 radical (unpaired) electrons. The highest BCUT2D eigenvalue weighted by molar-refractivity contribution is 5.94. The van der Waals surface area contributed by atoms with Gasteiger partial charge in [-0.2, -0.15) is 10.1 Å². The molecule has 0 saturated carbocycles. The van der Waals surface area contributed by atoms with Crippen LogP contribution in [0, 0.1) is 12.7 Å². The van der Waals surface area contributed by atoms with Crippen molar-refractivity contribution in [3.63, 3.8) is 0 Å². The smallest absolute Gasteiger partial charge is 0.279 e. The molecule has 1 aliphatic heterocycles. The Morgan fingerprint density at radius 3 is 2.68 bits per heavy atom. The van der Waals surface area contributed by atoms with Gasteiger partial charge in [0.1, 0.15) is 5.82 Å². The lowest BCUT2D eigenvalue weighted by Crippen LogP contribution is -2.36. The van der Waals surface area contributed by atoms with Crippen LogP contribution in [0.4, 0.5) is 4.39 Å². The summed E-state index contributed by atoms with van der Waals surface area (Å²) in [6.45, 7) is 2.98. The lowest BCUT2D eigenvalue weighted by atomic mass is 10.0. The van der Waals surface area contributed by atoms with E-state index in [0.29, 0.717) is 30.8 Å². The van der Waals surface area contributed by atoms with E-state index in [1.165, 1.54) is 6.07 Å². The molecule has 1 aliphatic rings.